The highest BCUT2D eigenvalue weighted by molar-refractivity contribution is 5.91. The van der Waals surface area contributed by atoms with E-state index in [1.165, 1.54) is 75.3 Å². The van der Waals surface area contributed by atoms with Crippen molar-refractivity contribution < 1.29 is 19.7 Å². The molecule has 0 aromatic heterocycles. The largest absolute Gasteiger partial charge is 0.423 e. The van der Waals surface area contributed by atoms with Crippen LogP contribution in [0.2, 0.25) is 0 Å². The first kappa shape index (κ1) is 29.9. The summed E-state index contributed by atoms with van der Waals surface area (Å²) >= 11 is 0. The van der Waals surface area contributed by atoms with Gasteiger partial charge in [0.1, 0.15) is 5.75 Å². The Morgan fingerprint density at radius 3 is 2.21 bits per heavy atom. The Morgan fingerprint density at radius 2 is 1.52 bits per heavy atom. The molecule has 0 amide bonds. The minimum absolute atomic E-state index is 0.0537. The third kappa shape index (κ3) is 5.25. The zero-order valence-electron chi connectivity index (χ0n) is 25.8. The fourth-order valence-electron chi connectivity index (χ4n) is 10.4. The SMILES string of the molecule is C[C@]12CC[C@@H]3c4ccc(OC(=O)c5ccccc5)cc4C[C@@H](CCCCCCCCCCCO)[C@H]3[C@]13CC[C@]2(O)CC3. The molecule has 0 saturated heterocycles. The number of esters is 1. The van der Waals surface area contributed by atoms with Gasteiger partial charge >= 0.3 is 5.97 Å². The zero-order valence-corrected chi connectivity index (χ0v) is 25.8. The molecule has 2 aromatic carbocycles. The Labute approximate surface area is 253 Å². The van der Waals surface area contributed by atoms with Gasteiger partial charge in [-0.25, -0.2) is 4.79 Å². The molecule has 2 N–H and O–H groups in total. The number of hydrogen-bond acceptors (Lipinski definition) is 4. The summed E-state index contributed by atoms with van der Waals surface area (Å²) in [4.78, 5) is 12.8. The van der Waals surface area contributed by atoms with E-state index in [2.05, 4.69) is 19.1 Å². The van der Waals surface area contributed by atoms with Crippen LogP contribution in [0.15, 0.2) is 48.5 Å². The molecule has 0 heterocycles. The number of hydrogen-bond donors (Lipinski definition) is 2. The summed E-state index contributed by atoms with van der Waals surface area (Å²) in [6, 6.07) is 15.7. The number of carbonyl (C=O) groups excluding carboxylic acids is 1. The first-order chi connectivity index (χ1) is 20.4. The third-order valence-corrected chi connectivity index (χ3v) is 12.6. The van der Waals surface area contributed by atoms with Crippen LogP contribution >= 0.6 is 0 Å². The first-order valence-corrected chi connectivity index (χ1v) is 17.1. The van der Waals surface area contributed by atoms with Gasteiger partial charge in [0, 0.05) is 12.0 Å². The number of ether oxygens (including phenoxy) is 1. The summed E-state index contributed by atoms with van der Waals surface area (Å²) in [7, 11) is 0. The van der Waals surface area contributed by atoms with Crippen LogP contribution in [0.4, 0.5) is 0 Å². The van der Waals surface area contributed by atoms with Crippen LogP contribution < -0.4 is 4.74 Å². The molecule has 4 aliphatic carbocycles. The molecule has 0 unspecified atom stereocenters. The Bertz CT molecular complexity index is 1210. The van der Waals surface area contributed by atoms with Crippen molar-refractivity contribution in [2.45, 2.75) is 128 Å². The fraction of sp³-hybridized carbons (Fsp3) is 0.658. The highest BCUT2D eigenvalue weighted by Gasteiger charge is 2.74. The van der Waals surface area contributed by atoms with Gasteiger partial charge in [-0.2, -0.15) is 0 Å². The summed E-state index contributed by atoms with van der Waals surface area (Å²) in [5, 5.41) is 20.8. The van der Waals surface area contributed by atoms with Crippen LogP contribution in [0.1, 0.15) is 137 Å². The van der Waals surface area contributed by atoms with E-state index in [9.17, 15) is 9.90 Å². The number of aliphatic hydroxyl groups excluding tert-OH is 1. The monoisotopic (exact) mass is 572 g/mol. The van der Waals surface area contributed by atoms with Crippen molar-refractivity contribution in [3.63, 3.8) is 0 Å². The molecular formula is C38H52O4. The van der Waals surface area contributed by atoms with Gasteiger partial charge in [-0.05, 0) is 116 Å². The van der Waals surface area contributed by atoms with Crippen molar-refractivity contribution in [3.8, 4) is 5.75 Å². The van der Waals surface area contributed by atoms with E-state index < -0.39 is 5.60 Å². The fourth-order valence-corrected chi connectivity index (χ4v) is 10.4. The average molecular weight is 573 g/mol. The Balaban J connectivity index is 1.17. The second-order valence-electron chi connectivity index (χ2n) is 14.5. The summed E-state index contributed by atoms with van der Waals surface area (Å²) in [5.41, 5.74) is 3.30. The highest BCUT2D eigenvalue weighted by Crippen LogP contribution is 2.78. The lowest BCUT2D eigenvalue weighted by molar-refractivity contribution is -0.113. The van der Waals surface area contributed by atoms with Gasteiger partial charge in [-0.1, -0.05) is 82.6 Å². The van der Waals surface area contributed by atoms with Crippen molar-refractivity contribution in [2.24, 2.45) is 22.7 Å². The molecular weight excluding hydrogens is 520 g/mol. The Morgan fingerprint density at radius 1 is 0.857 bits per heavy atom. The predicted octanol–water partition coefficient (Wildman–Crippen LogP) is 8.78. The molecule has 0 aliphatic heterocycles. The smallest absolute Gasteiger partial charge is 0.343 e. The van der Waals surface area contributed by atoms with Crippen LogP contribution in [-0.2, 0) is 6.42 Å². The second kappa shape index (κ2) is 12.4. The molecule has 2 aromatic rings. The zero-order chi connectivity index (χ0) is 29.2. The summed E-state index contributed by atoms with van der Waals surface area (Å²) in [5.74, 6) is 2.18. The van der Waals surface area contributed by atoms with Crippen molar-refractivity contribution in [3.05, 3.63) is 65.2 Å². The second-order valence-corrected chi connectivity index (χ2v) is 14.5. The molecule has 2 bridgehead atoms. The summed E-state index contributed by atoms with van der Waals surface area (Å²) in [6.45, 7) is 2.77. The van der Waals surface area contributed by atoms with Gasteiger partial charge in [-0.15, -0.1) is 0 Å². The van der Waals surface area contributed by atoms with Crippen LogP contribution in [-0.4, -0.2) is 28.4 Å². The van der Waals surface area contributed by atoms with Crippen molar-refractivity contribution in [2.75, 3.05) is 6.61 Å². The molecule has 4 atom stereocenters. The van der Waals surface area contributed by atoms with E-state index in [1.54, 1.807) is 12.1 Å². The molecule has 4 aliphatic rings. The predicted molar refractivity (Wildman–Crippen MR) is 168 cm³/mol. The molecule has 228 valence electrons. The van der Waals surface area contributed by atoms with E-state index in [4.69, 9.17) is 9.84 Å². The molecule has 3 saturated carbocycles. The quantitative estimate of drug-likeness (QED) is 0.143. The van der Waals surface area contributed by atoms with Crippen LogP contribution in [0.25, 0.3) is 0 Å². The lowest BCUT2D eigenvalue weighted by Gasteiger charge is -2.59. The minimum Gasteiger partial charge on any atom is -0.423 e. The average Bonchev–Trinajstić information content (AvgIpc) is 3.38. The number of aliphatic hydroxyl groups is 2. The van der Waals surface area contributed by atoms with E-state index in [0.29, 0.717) is 35.7 Å². The molecule has 3 fully saturated rings. The maximum atomic E-state index is 12.8. The first-order valence-electron chi connectivity index (χ1n) is 17.1. The minimum atomic E-state index is -0.463. The van der Waals surface area contributed by atoms with Crippen molar-refractivity contribution >= 4 is 5.97 Å². The third-order valence-electron chi connectivity index (χ3n) is 12.6. The van der Waals surface area contributed by atoms with Gasteiger partial charge in [0.05, 0.1) is 11.2 Å². The number of rotatable bonds is 13. The standard InChI is InChI=1S/C38H52O4/c1-36-20-19-33-32-18-17-31(42-35(40)28-14-11-9-12-15-28)27-30(32)26-29(16-10-7-5-3-2-4-6-8-13-25-39)34(33)37(36)21-23-38(36,41)24-22-37/h9,11-12,14-15,17-18,27,29,33-34,39,41H,2-8,10,13,16,19-26H2,1H3/t29-,33-,34-,36+,37-,38+/m1/s1. The molecule has 4 heteroatoms. The highest BCUT2D eigenvalue weighted by atomic mass is 16.5. The van der Waals surface area contributed by atoms with Crippen molar-refractivity contribution in [1.82, 2.24) is 0 Å². The van der Waals surface area contributed by atoms with Crippen molar-refractivity contribution in [1.29, 1.82) is 0 Å². The lowest BCUT2D eigenvalue weighted by Crippen LogP contribution is -2.54. The lowest BCUT2D eigenvalue weighted by atomic mass is 9.45. The van der Waals surface area contributed by atoms with E-state index >= 15 is 0 Å². The van der Waals surface area contributed by atoms with Crippen LogP contribution in [0, 0.1) is 22.7 Å². The molecule has 42 heavy (non-hydrogen) atoms. The molecule has 6 rings (SSSR count). The van der Waals surface area contributed by atoms with E-state index in [0.717, 1.165) is 44.9 Å². The van der Waals surface area contributed by atoms with Gasteiger partial charge in [0.2, 0.25) is 0 Å². The summed E-state index contributed by atoms with van der Waals surface area (Å²) < 4.78 is 5.87. The van der Waals surface area contributed by atoms with Gasteiger partial charge in [0.15, 0.2) is 0 Å². The molecule has 0 radical (unpaired) electrons. The van der Waals surface area contributed by atoms with E-state index in [-0.39, 0.29) is 16.8 Å². The maximum absolute atomic E-state index is 12.8. The number of fused-ring (bicyclic) bond motifs is 3. The Kier molecular flexibility index (Phi) is 8.85. The summed E-state index contributed by atoms with van der Waals surface area (Å²) in [6.07, 6.45) is 20.2. The van der Waals surface area contributed by atoms with Gasteiger partial charge in [-0.3, -0.25) is 0 Å². The number of unbranched alkanes of at least 4 members (excludes halogenated alkanes) is 8. The van der Waals surface area contributed by atoms with Crippen LogP contribution in [0.3, 0.4) is 0 Å². The topological polar surface area (TPSA) is 66.8 Å². The van der Waals surface area contributed by atoms with Gasteiger partial charge in [0.25, 0.3) is 0 Å². The molecule has 4 nitrogen and oxygen atoms in total. The Hall–Kier alpha value is -2.17. The maximum Gasteiger partial charge on any atom is 0.343 e. The van der Waals surface area contributed by atoms with E-state index in [1.807, 2.05) is 24.3 Å². The number of benzene rings is 2. The van der Waals surface area contributed by atoms with Gasteiger partial charge < -0.3 is 14.9 Å². The molecule has 0 spiro atoms. The normalized spacial score (nSPS) is 32.7. The van der Waals surface area contributed by atoms with Crippen LogP contribution in [0.5, 0.6) is 5.75 Å². The number of carbonyl (C=O) groups is 1.